The van der Waals surface area contributed by atoms with Gasteiger partial charge in [-0.3, -0.25) is 19.8 Å². The van der Waals surface area contributed by atoms with Gasteiger partial charge in [0.1, 0.15) is 40.9 Å². The van der Waals surface area contributed by atoms with Crippen LogP contribution < -0.4 is 19.7 Å². The van der Waals surface area contributed by atoms with Crippen LogP contribution >= 0.6 is 35.4 Å². The Morgan fingerprint density at radius 3 is 2.32 bits per heavy atom. The normalized spacial score (nSPS) is 14.5. The number of halogens is 2. The number of hydrogen-bond donors (Lipinski definition) is 1. The van der Waals surface area contributed by atoms with Crippen molar-refractivity contribution in [2.45, 2.75) is 6.61 Å². The summed E-state index contributed by atoms with van der Waals surface area (Å²) in [7, 11) is 0. The van der Waals surface area contributed by atoms with Crippen LogP contribution in [0.25, 0.3) is 6.08 Å². The summed E-state index contributed by atoms with van der Waals surface area (Å²) in [6.45, 7) is 0.106. The average Bonchev–Trinajstić information content (AvgIpc) is 3.36. The first-order valence-corrected chi connectivity index (χ1v) is 12.4. The molecule has 10 heteroatoms. The summed E-state index contributed by atoms with van der Waals surface area (Å²) >= 11 is 17.2. The molecule has 1 saturated heterocycles. The monoisotopic (exact) mass is 564 g/mol. The van der Waals surface area contributed by atoms with Crippen molar-refractivity contribution in [3.05, 3.63) is 112 Å². The van der Waals surface area contributed by atoms with Gasteiger partial charge >= 0.3 is 0 Å². The Labute approximate surface area is 233 Å². The molecule has 38 heavy (non-hydrogen) atoms. The molecule has 2 amide bonds. The molecule has 0 radical (unpaired) electrons. The molecule has 7 nitrogen and oxygen atoms in total. The van der Waals surface area contributed by atoms with Gasteiger partial charge in [0.15, 0.2) is 5.11 Å². The van der Waals surface area contributed by atoms with Gasteiger partial charge in [0, 0.05) is 6.07 Å². The largest absolute Gasteiger partial charge is 0.486 e. The molecule has 0 saturated carbocycles. The quantitative estimate of drug-likeness (QED) is 0.151. The molecule has 0 aliphatic carbocycles. The minimum absolute atomic E-state index is 0.0240. The molecule has 5 rings (SSSR count). The van der Waals surface area contributed by atoms with E-state index in [9.17, 15) is 9.59 Å². The van der Waals surface area contributed by atoms with E-state index in [-0.39, 0.29) is 17.3 Å². The highest BCUT2D eigenvalue weighted by atomic mass is 35.5. The maximum atomic E-state index is 13.3. The molecule has 0 atom stereocenters. The summed E-state index contributed by atoms with van der Waals surface area (Å²) in [5, 5.41) is 3.33. The van der Waals surface area contributed by atoms with Crippen LogP contribution in [0, 0.1) is 0 Å². The number of anilines is 1. The number of furan rings is 1. The molecule has 1 aliphatic heterocycles. The Morgan fingerprint density at radius 2 is 1.58 bits per heavy atom. The second kappa shape index (κ2) is 11.1. The number of thiocarbonyl (C=S) groups is 1. The Kier molecular flexibility index (Phi) is 7.46. The van der Waals surface area contributed by atoms with Crippen molar-refractivity contribution < 1.29 is 23.5 Å². The molecule has 1 aliphatic rings. The molecule has 4 aromatic rings. The highest BCUT2D eigenvalue weighted by Gasteiger charge is 2.34. The van der Waals surface area contributed by atoms with Crippen LogP contribution in [-0.2, 0) is 16.2 Å². The molecule has 1 aromatic heterocycles. The van der Waals surface area contributed by atoms with Gasteiger partial charge in [0.05, 0.1) is 15.7 Å². The number of hydrogen-bond acceptors (Lipinski definition) is 6. The van der Waals surface area contributed by atoms with Gasteiger partial charge in [-0.1, -0.05) is 41.4 Å². The fraction of sp³-hybridized carbons (Fsp3) is 0.0357. The van der Waals surface area contributed by atoms with Crippen LogP contribution in [0.1, 0.15) is 11.5 Å². The second-order valence-electron chi connectivity index (χ2n) is 8.04. The van der Waals surface area contributed by atoms with Crippen molar-refractivity contribution in [3.63, 3.8) is 0 Å². The number of ether oxygens (including phenoxy) is 2. The van der Waals surface area contributed by atoms with Crippen molar-refractivity contribution in [3.8, 4) is 17.2 Å². The van der Waals surface area contributed by atoms with Gasteiger partial charge in [0.25, 0.3) is 11.8 Å². The first-order valence-electron chi connectivity index (χ1n) is 11.3. The van der Waals surface area contributed by atoms with E-state index in [0.29, 0.717) is 44.5 Å². The lowest BCUT2D eigenvalue weighted by molar-refractivity contribution is -0.122. The molecule has 0 bridgehead atoms. The number of benzene rings is 3. The van der Waals surface area contributed by atoms with Gasteiger partial charge < -0.3 is 13.9 Å². The van der Waals surface area contributed by atoms with E-state index in [4.69, 9.17) is 49.3 Å². The Hall–Kier alpha value is -4.11. The minimum Gasteiger partial charge on any atom is -0.486 e. The molecule has 190 valence electrons. The third kappa shape index (κ3) is 5.73. The van der Waals surface area contributed by atoms with E-state index < -0.39 is 11.8 Å². The zero-order chi connectivity index (χ0) is 26.6. The molecule has 0 unspecified atom stereocenters. The maximum Gasteiger partial charge on any atom is 0.270 e. The third-order valence-electron chi connectivity index (χ3n) is 5.42. The molecular formula is C28H18Cl2N2O5S. The summed E-state index contributed by atoms with van der Waals surface area (Å²) in [5.74, 6) is 1.36. The van der Waals surface area contributed by atoms with Gasteiger partial charge in [-0.05, 0) is 79.0 Å². The number of nitrogens with one attached hydrogen (secondary N) is 1. The predicted octanol–water partition coefficient (Wildman–Crippen LogP) is 6.79. The fourth-order valence-electron chi connectivity index (χ4n) is 3.59. The summed E-state index contributed by atoms with van der Waals surface area (Å²) in [6.07, 6.45) is 1.36. The highest BCUT2D eigenvalue weighted by molar-refractivity contribution is 7.80. The number of rotatable bonds is 7. The van der Waals surface area contributed by atoms with Gasteiger partial charge in [-0.15, -0.1) is 0 Å². The second-order valence-corrected chi connectivity index (χ2v) is 9.24. The first-order chi connectivity index (χ1) is 18.4. The van der Waals surface area contributed by atoms with E-state index in [1.54, 1.807) is 54.6 Å². The van der Waals surface area contributed by atoms with Crippen LogP contribution in [0.5, 0.6) is 17.2 Å². The third-order valence-corrected chi connectivity index (χ3v) is 6.44. The standard InChI is InChI=1S/C28H18Cl2N2O5S/c29-24-13-12-20(15-25(24)30)35-16-22-11-10-21(37-22)14-23-26(33)31-28(38)32(27(23)34)17-6-8-19(9-7-17)36-18-4-2-1-3-5-18/h1-15H,16H2,(H,31,33,38). The Morgan fingerprint density at radius 1 is 0.868 bits per heavy atom. The van der Waals surface area contributed by atoms with Crippen molar-refractivity contribution in [2.24, 2.45) is 0 Å². The smallest absolute Gasteiger partial charge is 0.270 e. The van der Waals surface area contributed by atoms with E-state index in [2.05, 4.69) is 5.32 Å². The first kappa shape index (κ1) is 25.5. The van der Waals surface area contributed by atoms with E-state index in [0.717, 1.165) is 0 Å². The summed E-state index contributed by atoms with van der Waals surface area (Å²) < 4.78 is 17.2. The Bertz CT molecular complexity index is 1550. The summed E-state index contributed by atoms with van der Waals surface area (Å²) in [5.41, 5.74) is 0.344. The van der Waals surface area contributed by atoms with Crippen LogP contribution in [0.4, 0.5) is 5.69 Å². The number of carbonyl (C=O) groups excluding carboxylic acids is 2. The molecular weight excluding hydrogens is 547 g/mol. The minimum atomic E-state index is -0.620. The van der Waals surface area contributed by atoms with E-state index >= 15 is 0 Å². The number of para-hydroxylation sites is 1. The summed E-state index contributed by atoms with van der Waals surface area (Å²) in [4.78, 5) is 27.1. The van der Waals surface area contributed by atoms with Crippen LogP contribution in [0.3, 0.4) is 0 Å². The zero-order valence-electron chi connectivity index (χ0n) is 19.5. The molecule has 2 heterocycles. The van der Waals surface area contributed by atoms with Gasteiger partial charge in [-0.2, -0.15) is 0 Å². The van der Waals surface area contributed by atoms with Crippen LogP contribution in [0.15, 0.2) is 94.9 Å². The number of amides is 2. The number of nitrogens with zero attached hydrogens (tertiary/aromatic N) is 1. The highest BCUT2D eigenvalue weighted by Crippen LogP contribution is 2.28. The molecule has 0 spiro atoms. The predicted molar refractivity (Wildman–Crippen MR) is 149 cm³/mol. The average molecular weight is 565 g/mol. The van der Waals surface area contributed by atoms with Gasteiger partial charge in [-0.25, -0.2) is 0 Å². The van der Waals surface area contributed by atoms with E-state index in [1.807, 2.05) is 30.3 Å². The SMILES string of the molecule is O=C1NC(=S)N(c2ccc(Oc3ccccc3)cc2)C(=O)C1=Cc1ccc(COc2ccc(Cl)c(Cl)c2)o1. The molecule has 1 N–H and O–H groups in total. The maximum absolute atomic E-state index is 13.3. The lowest BCUT2D eigenvalue weighted by Crippen LogP contribution is -2.54. The van der Waals surface area contributed by atoms with E-state index in [1.165, 1.54) is 11.0 Å². The topological polar surface area (TPSA) is 81.0 Å². The zero-order valence-corrected chi connectivity index (χ0v) is 21.8. The molecule has 1 fully saturated rings. The summed E-state index contributed by atoms with van der Waals surface area (Å²) in [6, 6.07) is 24.3. The number of carbonyl (C=O) groups is 2. The van der Waals surface area contributed by atoms with Crippen molar-refractivity contribution in [2.75, 3.05) is 4.90 Å². The van der Waals surface area contributed by atoms with Crippen molar-refractivity contribution >= 4 is 64.1 Å². The molecule has 3 aromatic carbocycles. The van der Waals surface area contributed by atoms with Crippen LogP contribution in [0.2, 0.25) is 10.0 Å². The van der Waals surface area contributed by atoms with Crippen LogP contribution in [-0.4, -0.2) is 16.9 Å². The van der Waals surface area contributed by atoms with Crippen molar-refractivity contribution in [1.82, 2.24) is 5.32 Å². The fourth-order valence-corrected chi connectivity index (χ4v) is 4.16. The Balaban J connectivity index is 1.30. The lowest BCUT2D eigenvalue weighted by atomic mass is 10.1. The van der Waals surface area contributed by atoms with Crippen molar-refractivity contribution in [1.29, 1.82) is 0 Å². The van der Waals surface area contributed by atoms with Gasteiger partial charge in [0.2, 0.25) is 0 Å². The lowest BCUT2D eigenvalue weighted by Gasteiger charge is -2.28.